The number of carboxylic acids is 1. The van der Waals surface area contributed by atoms with E-state index in [1.807, 2.05) is 19.9 Å². The number of carboxylic acid groups (broad SMARTS) is 1. The van der Waals surface area contributed by atoms with Gasteiger partial charge in [0.2, 0.25) is 17.7 Å². The number of carbonyl (C=O) groups excluding carboxylic acids is 3. The van der Waals surface area contributed by atoms with Gasteiger partial charge in [-0.3, -0.25) is 19.2 Å². The molecule has 0 spiro atoms. The average Bonchev–Trinajstić information content (AvgIpc) is 2.65. The van der Waals surface area contributed by atoms with E-state index in [2.05, 4.69) is 16.0 Å². The van der Waals surface area contributed by atoms with Crippen molar-refractivity contribution in [3.05, 3.63) is 35.9 Å². The first-order valence-electron chi connectivity index (χ1n) is 9.49. The first-order chi connectivity index (χ1) is 13.6. The number of hydrogen-bond acceptors (Lipinski definition) is 5. The van der Waals surface area contributed by atoms with E-state index >= 15 is 0 Å². The van der Waals surface area contributed by atoms with Crippen LogP contribution in [0.3, 0.4) is 0 Å². The van der Waals surface area contributed by atoms with Gasteiger partial charge in [-0.2, -0.15) is 0 Å². The smallest absolute Gasteiger partial charge is 0.322 e. The van der Waals surface area contributed by atoms with E-state index < -0.39 is 48.4 Å². The van der Waals surface area contributed by atoms with Crippen LogP contribution in [0.1, 0.15) is 32.8 Å². The Bertz CT molecular complexity index is 706. The molecule has 1 aromatic carbocycles. The molecule has 3 unspecified atom stereocenters. The molecule has 0 fully saturated rings. The van der Waals surface area contributed by atoms with Gasteiger partial charge < -0.3 is 26.8 Å². The van der Waals surface area contributed by atoms with E-state index in [1.165, 1.54) is 6.92 Å². The van der Waals surface area contributed by atoms with Crippen LogP contribution in [0.2, 0.25) is 0 Å². The normalized spacial score (nSPS) is 13.8. The van der Waals surface area contributed by atoms with Crippen molar-refractivity contribution in [2.24, 2.45) is 11.7 Å². The SMILES string of the molecule is CC(C)CC(NC(=O)C(C)N)C(=O)NC(Cc1ccccc1)C(=O)NCC(=O)O. The molecular formula is C20H30N4O5. The van der Waals surface area contributed by atoms with E-state index in [1.54, 1.807) is 24.3 Å². The summed E-state index contributed by atoms with van der Waals surface area (Å²) in [5, 5.41) is 16.3. The van der Waals surface area contributed by atoms with Gasteiger partial charge in [0.25, 0.3) is 0 Å². The fraction of sp³-hybridized carbons (Fsp3) is 0.500. The Hall–Kier alpha value is -2.94. The van der Waals surface area contributed by atoms with Crippen molar-refractivity contribution < 1.29 is 24.3 Å². The zero-order valence-electron chi connectivity index (χ0n) is 17.0. The van der Waals surface area contributed by atoms with Gasteiger partial charge in [-0.1, -0.05) is 44.2 Å². The second-order valence-corrected chi connectivity index (χ2v) is 7.34. The predicted octanol–water partition coefficient (Wildman–Crippen LogP) is -0.207. The van der Waals surface area contributed by atoms with Crippen LogP contribution in [-0.4, -0.2) is 53.5 Å². The molecule has 0 heterocycles. The zero-order chi connectivity index (χ0) is 22.0. The van der Waals surface area contributed by atoms with Crippen LogP contribution in [0.5, 0.6) is 0 Å². The lowest BCUT2D eigenvalue weighted by Crippen LogP contribution is -2.56. The first-order valence-corrected chi connectivity index (χ1v) is 9.49. The quantitative estimate of drug-likeness (QED) is 0.343. The second-order valence-electron chi connectivity index (χ2n) is 7.34. The number of nitrogens with two attached hydrogens (primary N) is 1. The van der Waals surface area contributed by atoms with Crippen molar-refractivity contribution in [3.8, 4) is 0 Å². The number of benzene rings is 1. The van der Waals surface area contributed by atoms with Crippen molar-refractivity contribution in [3.63, 3.8) is 0 Å². The molecule has 1 aromatic rings. The molecule has 3 amide bonds. The molecule has 160 valence electrons. The van der Waals surface area contributed by atoms with Gasteiger partial charge in [0.05, 0.1) is 6.04 Å². The third-order valence-corrected chi connectivity index (χ3v) is 4.08. The lowest BCUT2D eigenvalue weighted by Gasteiger charge is -2.24. The Morgan fingerprint density at radius 3 is 2.03 bits per heavy atom. The molecule has 0 aliphatic rings. The summed E-state index contributed by atoms with van der Waals surface area (Å²) in [4.78, 5) is 48.0. The van der Waals surface area contributed by atoms with Gasteiger partial charge in [0, 0.05) is 6.42 Å². The predicted molar refractivity (Wildman–Crippen MR) is 108 cm³/mol. The lowest BCUT2D eigenvalue weighted by molar-refractivity contribution is -0.138. The van der Waals surface area contributed by atoms with Crippen LogP contribution >= 0.6 is 0 Å². The molecule has 9 heteroatoms. The van der Waals surface area contributed by atoms with E-state index in [9.17, 15) is 19.2 Å². The van der Waals surface area contributed by atoms with Gasteiger partial charge in [-0.05, 0) is 24.8 Å². The number of hydrogen-bond donors (Lipinski definition) is 5. The van der Waals surface area contributed by atoms with Crippen molar-refractivity contribution in [1.82, 2.24) is 16.0 Å². The molecule has 0 saturated heterocycles. The monoisotopic (exact) mass is 406 g/mol. The van der Waals surface area contributed by atoms with Gasteiger partial charge in [0.15, 0.2) is 0 Å². The minimum absolute atomic E-state index is 0.104. The van der Waals surface area contributed by atoms with E-state index in [4.69, 9.17) is 10.8 Å². The summed E-state index contributed by atoms with van der Waals surface area (Å²) in [6.45, 7) is 4.76. The van der Waals surface area contributed by atoms with Gasteiger partial charge in [-0.15, -0.1) is 0 Å². The summed E-state index contributed by atoms with van der Waals surface area (Å²) in [5.41, 5.74) is 6.37. The molecule has 0 bridgehead atoms. The largest absolute Gasteiger partial charge is 0.480 e. The molecule has 6 N–H and O–H groups in total. The summed E-state index contributed by atoms with van der Waals surface area (Å²) in [7, 11) is 0. The number of carbonyl (C=O) groups is 4. The molecule has 0 saturated carbocycles. The van der Waals surface area contributed by atoms with E-state index in [0.29, 0.717) is 6.42 Å². The number of aliphatic carboxylic acids is 1. The highest BCUT2D eigenvalue weighted by Crippen LogP contribution is 2.08. The van der Waals surface area contributed by atoms with Crippen LogP contribution in [-0.2, 0) is 25.6 Å². The minimum atomic E-state index is -1.19. The molecule has 3 atom stereocenters. The van der Waals surface area contributed by atoms with Crippen molar-refractivity contribution >= 4 is 23.7 Å². The van der Waals surface area contributed by atoms with E-state index in [0.717, 1.165) is 5.56 Å². The molecule has 1 rings (SSSR count). The van der Waals surface area contributed by atoms with Crippen molar-refractivity contribution in [2.75, 3.05) is 6.54 Å². The highest BCUT2D eigenvalue weighted by Gasteiger charge is 2.28. The summed E-state index contributed by atoms with van der Waals surface area (Å²) in [6, 6.07) is 6.38. The Labute approximate surface area is 170 Å². The standard InChI is InChI=1S/C20H30N4O5/c1-12(2)9-15(23-18(27)13(3)21)20(29)24-16(19(28)22-11-17(25)26)10-14-7-5-4-6-8-14/h4-8,12-13,15-16H,9-11,21H2,1-3H3,(H,22,28)(H,23,27)(H,24,29)(H,25,26). The fourth-order valence-corrected chi connectivity index (χ4v) is 2.62. The molecule has 0 aliphatic carbocycles. The Balaban J connectivity index is 2.96. The van der Waals surface area contributed by atoms with Crippen LogP contribution in [0.15, 0.2) is 30.3 Å². The van der Waals surface area contributed by atoms with Gasteiger partial charge in [0.1, 0.15) is 18.6 Å². The summed E-state index contributed by atoms with van der Waals surface area (Å²) < 4.78 is 0. The summed E-state index contributed by atoms with van der Waals surface area (Å²) >= 11 is 0. The number of amides is 3. The molecule has 0 aliphatic heterocycles. The minimum Gasteiger partial charge on any atom is -0.480 e. The molecule has 29 heavy (non-hydrogen) atoms. The Morgan fingerprint density at radius 1 is 0.931 bits per heavy atom. The first kappa shape index (κ1) is 24.1. The van der Waals surface area contributed by atoms with E-state index in [-0.39, 0.29) is 12.3 Å². The van der Waals surface area contributed by atoms with Crippen LogP contribution in [0, 0.1) is 5.92 Å². The summed E-state index contributed by atoms with van der Waals surface area (Å²) in [6.07, 6.45) is 0.534. The maximum Gasteiger partial charge on any atom is 0.322 e. The van der Waals surface area contributed by atoms with Gasteiger partial charge >= 0.3 is 5.97 Å². The van der Waals surface area contributed by atoms with Crippen LogP contribution < -0.4 is 21.7 Å². The Kier molecular flexibility index (Phi) is 9.81. The molecule has 9 nitrogen and oxygen atoms in total. The molecule has 0 aromatic heterocycles. The number of nitrogens with one attached hydrogen (secondary N) is 3. The highest BCUT2D eigenvalue weighted by atomic mass is 16.4. The lowest BCUT2D eigenvalue weighted by atomic mass is 10.0. The maximum absolute atomic E-state index is 12.8. The maximum atomic E-state index is 12.8. The van der Waals surface area contributed by atoms with Crippen LogP contribution in [0.4, 0.5) is 0 Å². The average molecular weight is 406 g/mol. The Morgan fingerprint density at radius 2 is 1.52 bits per heavy atom. The number of rotatable bonds is 11. The zero-order valence-corrected chi connectivity index (χ0v) is 17.0. The van der Waals surface area contributed by atoms with Crippen LogP contribution in [0.25, 0.3) is 0 Å². The summed E-state index contributed by atoms with van der Waals surface area (Å²) in [5.74, 6) is -2.70. The third kappa shape index (κ3) is 9.20. The molecule has 0 radical (unpaired) electrons. The topological polar surface area (TPSA) is 151 Å². The second kappa shape index (κ2) is 11.8. The van der Waals surface area contributed by atoms with Crippen molar-refractivity contribution in [2.45, 2.75) is 51.7 Å². The fourth-order valence-electron chi connectivity index (χ4n) is 2.62. The third-order valence-electron chi connectivity index (χ3n) is 4.08. The highest BCUT2D eigenvalue weighted by molar-refractivity contribution is 5.93. The molecular weight excluding hydrogens is 376 g/mol. The van der Waals surface area contributed by atoms with Crippen molar-refractivity contribution in [1.29, 1.82) is 0 Å². The van der Waals surface area contributed by atoms with Gasteiger partial charge in [-0.25, -0.2) is 0 Å².